The van der Waals surface area contributed by atoms with Crippen molar-refractivity contribution in [3.05, 3.63) is 101 Å². The predicted octanol–water partition coefficient (Wildman–Crippen LogP) is 7.48. The van der Waals surface area contributed by atoms with Gasteiger partial charge in [0.2, 0.25) is 11.9 Å². The third-order valence-corrected chi connectivity index (χ3v) is 10.6. The maximum absolute atomic E-state index is 9.30. The standard InChI is InChI=1S/C40H40N6O3/c47-19-20-48-25-49-36-23-31(24-41-37(36)30-15-16-32-28-13-14-29(21-28)33(32)22-30)38-42-39(45-17-5-9-26-7-1-3-11-34(26)45)44-40(43-38)46-18-6-10-27-8-2-4-12-35(27)46/h1-4,7-8,11-12,15-16,22-24,28-29,47H,5-6,9-10,13-14,17-21,25H2. The van der Waals surface area contributed by atoms with Crippen LogP contribution in [-0.2, 0) is 17.6 Å². The van der Waals surface area contributed by atoms with Crippen molar-refractivity contribution < 1.29 is 14.6 Å². The molecule has 248 valence electrons. The molecule has 1 saturated carbocycles. The molecule has 2 aliphatic heterocycles. The summed E-state index contributed by atoms with van der Waals surface area (Å²) in [6.45, 7) is 1.77. The molecule has 4 heterocycles. The van der Waals surface area contributed by atoms with Gasteiger partial charge in [-0.15, -0.1) is 0 Å². The summed E-state index contributed by atoms with van der Waals surface area (Å²) < 4.78 is 11.8. The summed E-state index contributed by atoms with van der Waals surface area (Å²) in [5, 5.41) is 9.30. The second-order valence-corrected chi connectivity index (χ2v) is 13.5. The Balaban J connectivity index is 1.15. The van der Waals surface area contributed by atoms with Gasteiger partial charge in [0, 0.05) is 41.8 Å². The topological polar surface area (TPSA) is 96.7 Å². The maximum atomic E-state index is 9.30. The Bertz CT molecular complexity index is 1940. The van der Waals surface area contributed by atoms with Crippen molar-refractivity contribution in [2.75, 3.05) is 42.9 Å². The summed E-state index contributed by atoms with van der Waals surface area (Å²) in [5.41, 5.74) is 10.3. The second kappa shape index (κ2) is 12.9. The highest BCUT2D eigenvalue weighted by atomic mass is 16.7. The van der Waals surface area contributed by atoms with Gasteiger partial charge in [-0.25, -0.2) is 0 Å². The molecule has 2 bridgehead atoms. The Morgan fingerprint density at radius 3 is 2.10 bits per heavy atom. The molecule has 2 unspecified atom stereocenters. The third kappa shape index (κ3) is 5.60. The number of ether oxygens (including phenoxy) is 2. The number of para-hydroxylation sites is 2. The first kappa shape index (κ1) is 30.2. The van der Waals surface area contributed by atoms with E-state index in [4.69, 9.17) is 29.4 Å². The van der Waals surface area contributed by atoms with Gasteiger partial charge in [-0.1, -0.05) is 48.5 Å². The number of nitrogens with zero attached hydrogens (tertiary/aromatic N) is 6. The number of rotatable bonds is 9. The van der Waals surface area contributed by atoms with Gasteiger partial charge in [0.05, 0.1) is 13.2 Å². The van der Waals surface area contributed by atoms with E-state index in [2.05, 4.69) is 76.5 Å². The lowest BCUT2D eigenvalue weighted by Gasteiger charge is -2.32. The van der Waals surface area contributed by atoms with Crippen LogP contribution in [0.15, 0.2) is 79.0 Å². The summed E-state index contributed by atoms with van der Waals surface area (Å²) in [6, 6.07) is 25.8. The number of aromatic nitrogens is 4. The van der Waals surface area contributed by atoms with Gasteiger partial charge in [-0.2, -0.15) is 15.0 Å². The van der Waals surface area contributed by atoms with Crippen molar-refractivity contribution in [3.63, 3.8) is 0 Å². The Hall–Kier alpha value is -4.86. The van der Waals surface area contributed by atoms with Gasteiger partial charge in [0.1, 0.15) is 11.4 Å². The molecule has 9 rings (SSSR count). The lowest BCUT2D eigenvalue weighted by molar-refractivity contribution is -0.000872. The van der Waals surface area contributed by atoms with Crippen molar-refractivity contribution in [1.29, 1.82) is 0 Å². The molecule has 0 radical (unpaired) electrons. The summed E-state index contributed by atoms with van der Waals surface area (Å²) in [6.07, 6.45) is 9.77. The van der Waals surface area contributed by atoms with Gasteiger partial charge in [0.25, 0.3) is 0 Å². The molecule has 1 N–H and O–H groups in total. The molecular formula is C40H40N6O3. The number of aliphatic hydroxyl groups is 1. The summed E-state index contributed by atoms with van der Waals surface area (Å²) in [7, 11) is 0. The summed E-state index contributed by atoms with van der Waals surface area (Å²) >= 11 is 0. The van der Waals surface area contributed by atoms with Crippen molar-refractivity contribution in [1.82, 2.24) is 19.9 Å². The third-order valence-electron chi connectivity index (χ3n) is 10.6. The van der Waals surface area contributed by atoms with E-state index in [0.29, 0.717) is 35.3 Å². The molecule has 0 saturated heterocycles. The molecule has 3 aromatic carbocycles. The molecule has 0 spiro atoms. The number of aryl methyl sites for hydroxylation is 2. The molecule has 9 nitrogen and oxygen atoms in total. The Morgan fingerprint density at radius 1 is 0.735 bits per heavy atom. The smallest absolute Gasteiger partial charge is 0.235 e. The van der Waals surface area contributed by atoms with Crippen LogP contribution < -0.4 is 14.5 Å². The number of hydrogen-bond donors (Lipinski definition) is 1. The molecule has 2 atom stereocenters. The average Bonchev–Trinajstić information content (AvgIpc) is 3.79. The molecule has 5 aromatic rings. The van der Waals surface area contributed by atoms with Crippen molar-refractivity contribution in [2.45, 2.75) is 56.8 Å². The number of aliphatic hydroxyl groups excluding tert-OH is 1. The van der Waals surface area contributed by atoms with E-state index >= 15 is 0 Å². The van der Waals surface area contributed by atoms with Crippen LogP contribution in [-0.4, -0.2) is 58.1 Å². The van der Waals surface area contributed by atoms with E-state index in [0.717, 1.165) is 67.0 Å². The number of hydrogen-bond acceptors (Lipinski definition) is 9. The molecule has 0 amide bonds. The number of pyridine rings is 1. The largest absolute Gasteiger partial charge is 0.465 e. The zero-order valence-corrected chi connectivity index (χ0v) is 27.6. The highest BCUT2D eigenvalue weighted by molar-refractivity contribution is 5.74. The van der Waals surface area contributed by atoms with Gasteiger partial charge < -0.3 is 24.4 Å². The zero-order valence-electron chi connectivity index (χ0n) is 27.6. The molecule has 49 heavy (non-hydrogen) atoms. The minimum atomic E-state index is -0.0719. The second-order valence-electron chi connectivity index (χ2n) is 13.5. The normalized spacial score (nSPS) is 19.0. The first-order chi connectivity index (χ1) is 24.2. The Labute approximate surface area is 286 Å². The van der Waals surface area contributed by atoms with Crippen LogP contribution in [0.3, 0.4) is 0 Å². The van der Waals surface area contributed by atoms with E-state index in [1.165, 1.54) is 41.5 Å². The monoisotopic (exact) mass is 652 g/mol. The van der Waals surface area contributed by atoms with Crippen molar-refractivity contribution >= 4 is 23.3 Å². The van der Waals surface area contributed by atoms with Crippen LogP contribution in [0, 0.1) is 0 Å². The Kier molecular flexibility index (Phi) is 7.94. The molecule has 4 aliphatic rings. The van der Waals surface area contributed by atoms with E-state index in [1.54, 1.807) is 0 Å². The fraction of sp³-hybridized carbons (Fsp3) is 0.350. The lowest BCUT2D eigenvalue weighted by Crippen LogP contribution is -2.30. The highest BCUT2D eigenvalue weighted by Crippen LogP contribution is 2.54. The Morgan fingerprint density at radius 2 is 1.41 bits per heavy atom. The lowest BCUT2D eigenvalue weighted by atomic mass is 9.90. The van der Waals surface area contributed by atoms with E-state index in [9.17, 15) is 5.11 Å². The average molecular weight is 653 g/mol. The molecule has 2 aromatic heterocycles. The van der Waals surface area contributed by atoms with Crippen LogP contribution in [0.25, 0.3) is 22.6 Å². The van der Waals surface area contributed by atoms with Crippen molar-refractivity contribution in [3.8, 4) is 28.4 Å². The predicted molar refractivity (Wildman–Crippen MR) is 190 cm³/mol. The molecule has 1 fully saturated rings. The number of fused-ring (bicyclic) bond motifs is 7. The van der Waals surface area contributed by atoms with Gasteiger partial charge in [0.15, 0.2) is 12.6 Å². The molecule has 9 heteroatoms. The van der Waals surface area contributed by atoms with Crippen LogP contribution in [0.1, 0.15) is 66.2 Å². The minimum absolute atomic E-state index is 0.00282. The summed E-state index contributed by atoms with van der Waals surface area (Å²) in [4.78, 5) is 24.9. The SMILES string of the molecule is OCCOCOc1cc(-c2nc(N3CCCc4ccccc43)nc(N3CCCc4ccccc43)n2)cnc1-c1ccc2c(c1)C1CCC2C1. The van der Waals surface area contributed by atoms with Crippen LogP contribution in [0.5, 0.6) is 5.75 Å². The molecule has 2 aliphatic carbocycles. The van der Waals surface area contributed by atoms with Gasteiger partial charge in [-0.05, 0) is 103 Å². The number of benzene rings is 3. The van der Waals surface area contributed by atoms with E-state index in [-0.39, 0.29) is 20.0 Å². The number of anilines is 4. The van der Waals surface area contributed by atoms with E-state index in [1.807, 2.05) is 12.3 Å². The van der Waals surface area contributed by atoms with Crippen LogP contribution in [0.2, 0.25) is 0 Å². The molecular weight excluding hydrogens is 612 g/mol. The van der Waals surface area contributed by atoms with Crippen LogP contribution in [0.4, 0.5) is 23.3 Å². The highest BCUT2D eigenvalue weighted by Gasteiger charge is 2.37. The first-order valence-electron chi connectivity index (χ1n) is 17.7. The van der Waals surface area contributed by atoms with Crippen LogP contribution >= 0.6 is 0 Å². The first-order valence-corrected chi connectivity index (χ1v) is 17.7. The zero-order chi connectivity index (χ0) is 32.7. The van der Waals surface area contributed by atoms with Gasteiger partial charge in [-0.3, -0.25) is 4.98 Å². The maximum Gasteiger partial charge on any atom is 0.235 e. The summed E-state index contributed by atoms with van der Waals surface area (Å²) in [5.74, 6) is 3.71. The van der Waals surface area contributed by atoms with Crippen molar-refractivity contribution in [2.24, 2.45) is 0 Å². The fourth-order valence-electron chi connectivity index (χ4n) is 8.32. The van der Waals surface area contributed by atoms with E-state index < -0.39 is 0 Å². The minimum Gasteiger partial charge on any atom is -0.465 e. The fourth-order valence-corrected chi connectivity index (χ4v) is 8.32. The van der Waals surface area contributed by atoms with Gasteiger partial charge >= 0.3 is 0 Å². The quantitative estimate of drug-likeness (QED) is 0.128.